The molecule has 1 aromatic heterocycles. The highest BCUT2D eigenvalue weighted by Crippen LogP contribution is 2.32. The fraction of sp³-hybridized carbons (Fsp3) is 0.577. The normalized spacial score (nSPS) is 18.5. The molecule has 0 radical (unpaired) electrons. The molecule has 4 rings (SSSR count). The molecule has 1 aliphatic carbocycles. The molecule has 0 bridgehead atoms. The van der Waals surface area contributed by atoms with E-state index < -0.39 is 0 Å². The quantitative estimate of drug-likeness (QED) is 0.695. The molecule has 6 nitrogen and oxygen atoms in total. The molecule has 1 unspecified atom stereocenters. The molecule has 1 N–H and O–H groups in total. The molecule has 1 amide bonds. The van der Waals surface area contributed by atoms with Gasteiger partial charge in [0.2, 0.25) is 11.9 Å². The highest BCUT2D eigenvalue weighted by atomic mass is 16.1. The van der Waals surface area contributed by atoms with Crippen LogP contribution in [0.5, 0.6) is 0 Å². The molecule has 6 heteroatoms. The Morgan fingerprint density at radius 1 is 1.12 bits per heavy atom. The van der Waals surface area contributed by atoms with Crippen LogP contribution in [0.2, 0.25) is 0 Å². The maximum absolute atomic E-state index is 12.1. The summed E-state index contributed by atoms with van der Waals surface area (Å²) in [5.74, 6) is 2.44. The Morgan fingerprint density at radius 3 is 2.47 bits per heavy atom. The van der Waals surface area contributed by atoms with E-state index in [2.05, 4.69) is 51.4 Å². The van der Waals surface area contributed by atoms with Gasteiger partial charge in [0.15, 0.2) is 0 Å². The summed E-state index contributed by atoms with van der Waals surface area (Å²) in [4.78, 5) is 26.2. The van der Waals surface area contributed by atoms with Crippen molar-refractivity contribution in [1.29, 1.82) is 0 Å². The standard InChI is InChI=1S/C26H37N5O/c1-4-27-25(32)19(2)20-9-11-21(12-10-20)22-14-17-31(18-15-22)24-13-16-28-26(29-24)30(3)23-7-5-6-8-23/h9-13,16,19,22-23H,4-8,14-15,17-18H2,1-3H3,(H,27,32). The summed E-state index contributed by atoms with van der Waals surface area (Å²) in [6.45, 7) is 6.61. The van der Waals surface area contributed by atoms with Crippen LogP contribution in [0.15, 0.2) is 36.5 Å². The van der Waals surface area contributed by atoms with Crippen molar-refractivity contribution < 1.29 is 4.79 Å². The van der Waals surface area contributed by atoms with E-state index in [1.165, 1.54) is 31.2 Å². The lowest BCUT2D eigenvalue weighted by Crippen LogP contribution is -2.35. The smallest absolute Gasteiger partial charge is 0.227 e. The predicted molar refractivity (Wildman–Crippen MR) is 130 cm³/mol. The van der Waals surface area contributed by atoms with E-state index in [4.69, 9.17) is 4.98 Å². The number of rotatable bonds is 7. The minimum absolute atomic E-state index is 0.0938. The fourth-order valence-electron chi connectivity index (χ4n) is 5.12. The molecule has 2 aromatic rings. The second kappa shape index (κ2) is 10.3. The van der Waals surface area contributed by atoms with Gasteiger partial charge in [-0.1, -0.05) is 37.1 Å². The van der Waals surface area contributed by atoms with Crippen molar-refractivity contribution in [3.05, 3.63) is 47.7 Å². The molecule has 1 aromatic carbocycles. The Kier molecular flexibility index (Phi) is 7.28. The third-order valence-corrected chi connectivity index (χ3v) is 7.29. The van der Waals surface area contributed by atoms with E-state index in [1.807, 2.05) is 26.1 Å². The Hall–Kier alpha value is -2.63. The van der Waals surface area contributed by atoms with E-state index in [-0.39, 0.29) is 11.8 Å². The number of hydrogen-bond acceptors (Lipinski definition) is 5. The molecule has 1 aliphatic heterocycles. The van der Waals surface area contributed by atoms with E-state index in [0.29, 0.717) is 18.5 Å². The third-order valence-electron chi connectivity index (χ3n) is 7.29. The molecule has 2 heterocycles. The van der Waals surface area contributed by atoms with Crippen LogP contribution in [0.3, 0.4) is 0 Å². The van der Waals surface area contributed by atoms with Gasteiger partial charge in [0.25, 0.3) is 0 Å². The average Bonchev–Trinajstić information content (AvgIpc) is 3.39. The van der Waals surface area contributed by atoms with Crippen LogP contribution >= 0.6 is 0 Å². The van der Waals surface area contributed by atoms with E-state index in [9.17, 15) is 4.79 Å². The Bertz CT molecular complexity index is 885. The van der Waals surface area contributed by atoms with Crippen LogP contribution in [-0.4, -0.2) is 48.6 Å². The molecule has 1 saturated heterocycles. The molecule has 2 fully saturated rings. The van der Waals surface area contributed by atoms with Gasteiger partial charge < -0.3 is 15.1 Å². The van der Waals surface area contributed by atoms with E-state index in [0.717, 1.165) is 43.3 Å². The second-order valence-corrected chi connectivity index (χ2v) is 9.31. The number of likely N-dealkylation sites (N-methyl/N-ethyl adjacent to an activating group) is 1. The van der Waals surface area contributed by atoms with Gasteiger partial charge in [-0.15, -0.1) is 0 Å². The summed E-state index contributed by atoms with van der Waals surface area (Å²) in [5.41, 5.74) is 2.46. The van der Waals surface area contributed by atoms with Gasteiger partial charge in [0, 0.05) is 38.9 Å². The molecule has 0 spiro atoms. The van der Waals surface area contributed by atoms with Crippen molar-refractivity contribution in [2.75, 3.05) is 36.5 Å². The predicted octanol–water partition coefficient (Wildman–Crippen LogP) is 4.48. The van der Waals surface area contributed by atoms with Crippen LogP contribution < -0.4 is 15.1 Å². The first-order valence-electron chi connectivity index (χ1n) is 12.2. The van der Waals surface area contributed by atoms with Gasteiger partial charge in [-0.05, 0) is 62.6 Å². The molecule has 1 atom stereocenters. The fourth-order valence-corrected chi connectivity index (χ4v) is 5.12. The van der Waals surface area contributed by atoms with Crippen LogP contribution in [0.4, 0.5) is 11.8 Å². The number of amides is 1. The minimum atomic E-state index is -0.111. The minimum Gasteiger partial charge on any atom is -0.356 e. The molecular weight excluding hydrogens is 398 g/mol. The van der Waals surface area contributed by atoms with Crippen LogP contribution in [0.25, 0.3) is 0 Å². The Balaban J connectivity index is 1.35. The van der Waals surface area contributed by atoms with Crippen LogP contribution in [0, 0.1) is 0 Å². The van der Waals surface area contributed by atoms with Crippen molar-refractivity contribution >= 4 is 17.7 Å². The number of benzene rings is 1. The first kappa shape index (κ1) is 22.6. The number of carbonyl (C=O) groups excluding carboxylic acids is 1. The molecule has 2 aliphatic rings. The van der Waals surface area contributed by atoms with Crippen LogP contribution in [0.1, 0.15) is 75.3 Å². The number of piperidine rings is 1. The van der Waals surface area contributed by atoms with Gasteiger partial charge in [-0.3, -0.25) is 4.79 Å². The zero-order chi connectivity index (χ0) is 22.5. The van der Waals surface area contributed by atoms with Gasteiger partial charge in [0.1, 0.15) is 5.82 Å². The maximum Gasteiger partial charge on any atom is 0.227 e. The summed E-state index contributed by atoms with van der Waals surface area (Å²) in [5, 5.41) is 2.91. The first-order chi connectivity index (χ1) is 15.6. The highest BCUT2D eigenvalue weighted by Gasteiger charge is 2.25. The SMILES string of the molecule is CCNC(=O)C(C)c1ccc(C2CCN(c3ccnc(N(C)C4CCCC4)n3)CC2)cc1. The molecule has 172 valence electrons. The summed E-state index contributed by atoms with van der Waals surface area (Å²) in [6.07, 6.45) is 9.25. The largest absolute Gasteiger partial charge is 0.356 e. The van der Waals surface area contributed by atoms with Crippen molar-refractivity contribution in [1.82, 2.24) is 15.3 Å². The lowest BCUT2D eigenvalue weighted by atomic mass is 9.88. The van der Waals surface area contributed by atoms with Crippen molar-refractivity contribution in [3.8, 4) is 0 Å². The Morgan fingerprint density at radius 2 is 1.81 bits per heavy atom. The van der Waals surface area contributed by atoms with Gasteiger partial charge in [-0.25, -0.2) is 4.98 Å². The van der Waals surface area contributed by atoms with Gasteiger partial charge >= 0.3 is 0 Å². The number of anilines is 2. The van der Waals surface area contributed by atoms with Crippen molar-refractivity contribution in [2.45, 2.75) is 70.3 Å². The first-order valence-corrected chi connectivity index (χ1v) is 12.2. The average molecular weight is 436 g/mol. The topological polar surface area (TPSA) is 61.4 Å². The zero-order valence-electron chi connectivity index (χ0n) is 19.8. The molecule has 32 heavy (non-hydrogen) atoms. The summed E-state index contributed by atoms with van der Waals surface area (Å²) >= 11 is 0. The summed E-state index contributed by atoms with van der Waals surface area (Å²) in [7, 11) is 2.14. The van der Waals surface area contributed by atoms with E-state index in [1.54, 1.807) is 0 Å². The zero-order valence-corrected chi connectivity index (χ0v) is 19.8. The van der Waals surface area contributed by atoms with Gasteiger partial charge in [0.05, 0.1) is 5.92 Å². The number of nitrogens with one attached hydrogen (secondary N) is 1. The third kappa shape index (κ3) is 5.05. The second-order valence-electron chi connectivity index (χ2n) is 9.31. The van der Waals surface area contributed by atoms with Crippen molar-refractivity contribution in [2.24, 2.45) is 0 Å². The number of hydrogen-bond donors (Lipinski definition) is 1. The lowest BCUT2D eigenvalue weighted by molar-refractivity contribution is -0.122. The summed E-state index contributed by atoms with van der Waals surface area (Å²) < 4.78 is 0. The lowest BCUT2D eigenvalue weighted by Gasteiger charge is -2.33. The Labute approximate surface area is 192 Å². The van der Waals surface area contributed by atoms with Crippen LogP contribution in [-0.2, 0) is 4.79 Å². The number of aromatic nitrogens is 2. The monoisotopic (exact) mass is 435 g/mol. The summed E-state index contributed by atoms with van der Waals surface area (Å²) in [6, 6.07) is 11.3. The molecular formula is C26H37N5O. The van der Waals surface area contributed by atoms with Gasteiger partial charge in [-0.2, -0.15) is 4.98 Å². The maximum atomic E-state index is 12.1. The molecule has 1 saturated carbocycles. The number of nitrogens with zero attached hydrogens (tertiary/aromatic N) is 4. The van der Waals surface area contributed by atoms with E-state index >= 15 is 0 Å². The number of carbonyl (C=O) groups is 1. The highest BCUT2D eigenvalue weighted by molar-refractivity contribution is 5.83. The van der Waals surface area contributed by atoms with Crippen molar-refractivity contribution in [3.63, 3.8) is 0 Å².